The third kappa shape index (κ3) is 5.13. The molecule has 0 aliphatic carbocycles. The Labute approximate surface area is 153 Å². The Morgan fingerprint density at radius 3 is 2.50 bits per heavy atom. The van der Waals surface area contributed by atoms with Crippen LogP contribution in [0.3, 0.4) is 0 Å². The summed E-state index contributed by atoms with van der Waals surface area (Å²) in [5, 5.41) is 5.91. The molecule has 3 rings (SSSR count). The van der Waals surface area contributed by atoms with Crippen molar-refractivity contribution in [3.63, 3.8) is 0 Å². The first-order chi connectivity index (χ1) is 12.7. The number of likely N-dealkylation sites (tertiary alicyclic amines) is 1. The molecule has 6 nitrogen and oxygen atoms in total. The number of pyridine rings is 1. The van der Waals surface area contributed by atoms with Gasteiger partial charge in [0, 0.05) is 43.3 Å². The number of hydrogen-bond acceptors (Lipinski definition) is 4. The Balaban J connectivity index is 1.46. The highest BCUT2D eigenvalue weighted by molar-refractivity contribution is 5.96. The van der Waals surface area contributed by atoms with Gasteiger partial charge < -0.3 is 15.5 Å². The fourth-order valence-corrected chi connectivity index (χ4v) is 3.00. The van der Waals surface area contributed by atoms with Crippen LogP contribution in [0, 0.1) is 0 Å². The molecule has 0 spiro atoms. The van der Waals surface area contributed by atoms with E-state index in [2.05, 4.69) is 15.6 Å². The minimum Gasteiger partial charge on any atom is -0.339 e. The van der Waals surface area contributed by atoms with E-state index in [1.54, 1.807) is 36.7 Å². The first kappa shape index (κ1) is 18.1. The zero-order valence-corrected chi connectivity index (χ0v) is 14.8. The summed E-state index contributed by atoms with van der Waals surface area (Å²) in [5.41, 5.74) is 2.38. The molecule has 0 unspecified atom stereocenters. The SMILES string of the molecule is O=C(CNCc1cccnc1)Nc1ccc(C(=O)N2CCCCC2)cc1. The number of benzene rings is 1. The van der Waals surface area contributed by atoms with Gasteiger partial charge in [-0.1, -0.05) is 6.07 Å². The van der Waals surface area contributed by atoms with Crippen molar-refractivity contribution in [1.82, 2.24) is 15.2 Å². The molecule has 2 aromatic rings. The molecule has 0 atom stereocenters. The van der Waals surface area contributed by atoms with Gasteiger partial charge in [0.25, 0.3) is 5.91 Å². The van der Waals surface area contributed by atoms with Crippen molar-refractivity contribution in [2.75, 3.05) is 25.0 Å². The van der Waals surface area contributed by atoms with Gasteiger partial charge in [0.05, 0.1) is 6.54 Å². The highest BCUT2D eigenvalue weighted by Gasteiger charge is 2.17. The molecule has 0 radical (unpaired) electrons. The molecule has 26 heavy (non-hydrogen) atoms. The van der Waals surface area contributed by atoms with Crippen LogP contribution in [0.2, 0.25) is 0 Å². The predicted octanol–water partition coefficient (Wildman–Crippen LogP) is 2.44. The second-order valence-electron chi connectivity index (χ2n) is 6.44. The highest BCUT2D eigenvalue weighted by atomic mass is 16.2. The van der Waals surface area contributed by atoms with Gasteiger partial charge in [-0.05, 0) is 55.2 Å². The van der Waals surface area contributed by atoms with Gasteiger partial charge in [0.1, 0.15) is 0 Å². The van der Waals surface area contributed by atoms with E-state index in [1.165, 1.54) is 6.42 Å². The Kier molecular flexibility index (Phi) is 6.33. The maximum atomic E-state index is 12.4. The maximum absolute atomic E-state index is 12.4. The van der Waals surface area contributed by atoms with Gasteiger partial charge in [-0.25, -0.2) is 0 Å². The predicted molar refractivity (Wildman–Crippen MR) is 101 cm³/mol. The van der Waals surface area contributed by atoms with E-state index >= 15 is 0 Å². The average Bonchev–Trinajstić information content (AvgIpc) is 2.69. The topological polar surface area (TPSA) is 74.3 Å². The monoisotopic (exact) mass is 352 g/mol. The largest absolute Gasteiger partial charge is 0.339 e. The second-order valence-corrected chi connectivity index (χ2v) is 6.44. The molecule has 2 heterocycles. The number of nitrogens with one attached hydrogen (secondary N) is 2. The normalized spacial score (nSPS) is 14.1. The van der Waals surface area contributed by atoms with E-state index in [1.807, 2.05) is 17.0 Å². The number of piperidine rings is 1. The lowest BCUT2D eigenvalue weighted by atomic mass is 10.1. The van der Waals surface area contributed by atoms with Crippen molar-refractivity contribution in [3.8, 4) is 0 Å². The van der Waals surface area contributed by atoms with Crippen LogP contribution >= 0.6 is 0 Å². The lowest BCUT2D eigenvalue weighted by Crippen LogP contribution is -2.35. The molecule has 2 N–H and O–H groups in total. The fourth-order valence-electron chi connectivity index (χ4n) is 3.00. The zero-order chi connectivity index (χ0) is 18.2. The van der Waals surface area contributed by atoms with Crippen LogP contribution in [0.4, 0.5) is 5.69 Å². The van der Waals surface area contributed by atoms with Crippen molar-refractivity contribution in [2.24, 2.45) is 0 Å². The summed E-state index contributed by atoms with van der Waals surface area (Å²) >= 11 is 0. The highest BCUT2D eigenvalue weighted by Crippen LogP contribution is 2.15. The van der Waals surface area contributed by atoms with Gasteiger partial charge in [-0.3, -0.25) is 14.6 Å². The van der Waals surface area contributed by atoms with E-state index in [0.717, 1.165) is 31.5 Å². The molecular formula is C20H24N4O2. The molecule has 1 aromatic heterocycles. The minimum absolute atomic E-state index is 0.0701. The number of aromatic nitrogens is 1. The molecule has 2 amide bonds. The molecule has 1 aliphatic heterocycles. The van der Waals surface area contributed by atoms with E-state index in [9.17, 15) is 9.59 Å². The number of amides is 2. The average molecular weight is 352 g/mol. The summed E-state index contributed by atoms with van der Waals surface area (Å²) in [7, 11) is 0. The summed E-state index contributed by atoms with van der Waals surface area (Å²) in [6.45, 7) is 2.47. The Hall–Kier alpha value is -2.73. The fraction of sp³-hybridized carbons (Fsp3) is 0.350. The molecule has 1 aromatic carbocycles. The summed E-state index contributed by atoms with van der Waals surface area (Å²) in [5.74, 6) is -0.0512. The summed E-state index contributed by atoms with van der Waals surface area (Å²) in [4.78, 5) is 30.4. The van der Waals surface area contributed by atoms with Crippen LogP contribution < -0.4 is 10.6 Å². The van der Waals surface area contributed by atoms with Crippen molar-refractivity contribution < 1.29 is 9.59 Å². The van der Waals surface area contributed by atoms with Crippen molar-refractivity contribution in [3.05, 3.63) is 59.9 Å². The smallest absolute Gasteiger partial charge is 0.253 e. The number of hydrogen-bond donors (Lipinski definition) is 2. The van der Waals surface area contributed by atoms with Crippen molar-refractivity contribution in [2.45, 2.75) is 25.8 Å². The van der Waals surface area contributed by atoms with E-state index in [0.29, 0.717) is 17.8 Å². The standard InChI is InChI=1S/C20H24N4O2/c25-19(15-22-14-16-5-4-10-21-13-16)23-18-8-6-17(7-9-18)20(26)24-11-2-1-3-12-24/h4-10,13,22H,1-3,11-12,14-15H2,(H,23,25). The third-order valence-electron chi connectivity index (χ3n) is 4.40. The van der Waals surface area contributed by atoms with Crippen molar-refractivity contribution in [1.29, 1.82) is 0 Å². The number of nitrogens with zero attached hydrogens (tertiary/aromatic N) is 2. The molecule has 136 valence electrons. The van der Waals surface area contributed by atoms with Gasteiger partial charge in [0.2, 0.25) is 5.91 Å². The number of anilines is 1. The van der Waals surface area contributed by atoms with E-state index < -0.39 is 0 Å². The van der Waals surface area contributed by atoms with Gasteiger partial charge in [0.15, 0.2) is 0 Å². The lowest BCUT2D eigenvalue weighted by Gasteiger charge is -2.26. The summed E-state index contributed by atoms with van der Waals surface area (Å²) < 4.78 is 0. The first-order valence-corrected chi connectivity index (χ1v) is 9.01. The van der Waals surface area contributed by atoms with E-state index in [-0.39, 0.29) is 18.4 Å². The quantitative estimate of drug-likeness (QED) is 0.837. The van der Waals surface area contributed by atoms with Crippen LogP contribution in [0.25, 0.3) is 0 Å². The summed E-state index contributed by atoms with van der Waals surface area (Å²) in [6.07, 6.45) is 6.83. The second kappa shape index (κ2) is 9.10. The minimum atomic E-state index is -0.121. The van der Waals surface area contributed by atoms with Gasteiger partial charge >= 0.3 is 0 Å². The van der Waals surface area contributed by atoms with E-state index in [4.69, 9.17) is 0 Å². The first-order valence-electron chi connectivity index (χ1n) is 9.01. The maximum Gasteiger partial charge on any atom is 0.253 e. The Morgan fingerprint density at radius 1 is 1.04 bits per heavy atom. The van der Waals surface area contributed by atoms with Crippen LogP contribution in [-0.4, -0.2) is 41.3 Å². The van der Waals surface area contributed by atoms with Gasteiger partial charge in [-0.15, -0.1) is 0 Å². The molecule has 0 bridgehead atoms. The number of carbonyl (C=O) groups is 2. The van der Waals surface area contributed by atoms with Crippen LogP contribution in [0.1, 0.15) is 35.2 Å². The molecule has 1 aliphatic rings. The number of rotatable bonds is 6. The lowest BCUT2D eigenvalue weighted by molar-refractivity contribution is -0.115. The molecular weight excluding hydrogens is 328 g/mol. The molecule has 0 saturated carbocycles. The Morgan fingerprint density at radius 2 is 1.81 bits per heavy atom. The molecule has 1 fully saturated rings. The van der Waals surface area contributed by atoms with Crippen molar-refractivity contribution >= 4 is 17.5 Å². The summed E-state index contributed by atoms with van der Waals surface area (Å²) in [6, 6.07) is 10.9. The van der Waals surface area contributed by atoms with Crippen LogP contribution in [-0.2, 0) is 11.3 Å². The molecule has 6 heteroatoms. The van der Waals surface area contributed by atoms with Gasteiger partial charge in [-0.2, -0.15) is 0 Å². The molecule has 1 saturated heterocycles. The van der Waals surface area contributed by atoms with Crippen LogP contribution in [0.15, 0.2) is 48.8 Å². The van der Waals surface area contributed by atoms with Crippen LogP contribution in [0.5, 0.6) is 0 Å². The zero-order valence-electron chi connectivity index (χ0n) is 14.8. The number of carbonyl (C=O) groups excluding carboxylic acids is 2. The third-order valence-corrected chi connectivity index (χ3v) is 4.40. The Bertz CT molecular complexity index is 725.